The van der Waals surface area contributed by atoms with Gasteiger partial charge in [0.05, 0.1) is 0 Å². The van der Waals surface area contributed by atoms with Gasteiger partial charge in [0.1, 0.15) is 0 Å². The smallest absolute Gasteiger partial charge is 0.331 e. The maximum absolute atomic E-state index is 12.3. The number of carboxylic acids is 1. The lowest BCUT2D eigenvalue weighted by Crippen LogP contribution is -2.44. The van der Waals surface area contributed by atoms with Gasteiger partial charge in [-0.1, -0.05) is 19.3 Å². The summed E-state index contributed by atoms with van der Waals surface area (Å²) in [7, 11) is 0. The Labute approximate surface area is 120 Å². The van der Waals surface area contributed by atoms with Gasteiger partial charge < -0.3 is 10.0 Å². The van der Waals surface area contributed by atoms with Gasteiger partial charge in [-0.15, -0.1) is 0 Å². The molecule has 0 aromatic rings. The second kappa shape index (κ2) is 5.98. The zero-order chi connectivity index (χ0) is 14.8. The minimum atomic E-state index is -1.00. The minimum absolute atomic E-state index is 0.101. The fourth-order valence-corrected chi connectivity index (χ4v) is 3.54. The first-order valence-electron chi connectivity index (χ1n) is 7.65. The third-order valence-electron chi connectivity index (χ3n) is 5.23. The van der Waals surface area contributed by atoms with Crippen LogP contribution in [-0.2, 0) is 9.59 Å². The molecule has 2 rings (SSSR count). The topological polar surface area (TPSA) is 57.6 Å². The number of piperidine rings is 1. The second-order valence-electron chi connectivity index (χ2n) is 6.41. The third kappa shape index (κ3) is 3.05. The molecular formula is C16H25NO3. The van der Waals surface area contributed by atoms with Gasteiger partial charge in [-0.05, 0) is 44.9 Å². The van der Waals surface area contributed by atoms with Crippen molar-refractivity contribution in [3.05, 3.63) is 11.1 Å². The highest BCUT2D eigenvalue weighted by atomic mass is 16.4. The number of nitrogens with zero attached hydrogens (tertiary/aromatic N) is 1. The van der Waals surface area contributed by atoms with Gasteiger partial charge >= 0.3 is 5.97 Å². The molecule has 1 saturated heterocycles. The number of hydrogen-bond acceptors (Lipinski definition) is 2. The molecule has 1 heterocycles. The van der Waals surface area contributed by atoms with Crippen LogP contribution in [0.15, 0.2) is 11.1 Å². The van der Waals surface area contributed by atoms with E-state index in [-0.39, 0.29) is 11.5 Å². The van der Waals surface area contributed by atoms with Crippen molar-refractivity contribution < 1.29 is 14.7 Å². The number of aliphatic carboxylic acids is 1. The molecule has 2 fully saturated rings. The first-order chi connectivity index (χ1) is 9.45. The van der Waals surface area contributed by atoms with E-state index in [1.165, 1.54) is 39.0 Å². The Kier molecular flexibility index (Phi) is 4.51. The average molecular weight is 279 g/mol. The van der Waals surface area contributed by atoms with Crippen LogP contribution >= 0.6 is 0 Å². The lowest BCUT2D eigenvalue weighted by molar-refractivity contribution is -0.134. The average Bonchev–Trinajstić information content (AvgIpc) is 2.46. The summed E-state index contributed by atoms with van der Waals surface area (Å²) in [5.74, 6) is -1.10. The molecule has 1 amide bonds. The molecule has 0 atom stereocenters. The number of hydrogen-bond donors (Lipinski definition) is 1. The van der Waals surface area contributed by atoms with E-state index < -0.39 is 5.97 Å². The second-order valence-corrected chi connectivity index (χ2v) is 6.41. The van der Waals surface area contributed by atoms with Gasteiger partial charge in [0, 0.05) is 24.2 Å². The first kappa shape index (κ1) is 15.1. The van der Waals surface area contributed by atoms with Crippen molar-refractivity contribution in [3.63, 3.8) is 0 Å². The van der Waals surface area contributed by atoms with Gasteiger partial charge in [-0.3, -0.25) is 4.79 Å². The molecule has 1 spiro atoms. The van der Waals surface area contributed by atoms with Gasteiger partial charge in [0.25, 0.3) is 0 Å². The van der Waals surface area contributed by atoms with Crippen LogP contribution in [0, 0.1) is 5.41 Å². The normalized spacial score (nSPS) is 23.4. The van der Waals surface area contributed by atoms with E-state index in [1.54, 1.807) is 6.92 Å². The van der Waals surface area contributed by atoms with Crippen molar-refractivity contribution in [2.45, 2.75) is 58.8 Å². The van der Waals surface area contributed by atoms with E-state index in [0.29, 0.717) is 11.0 Å². The number of carbonyl (C=O) groups excluding carboxylic acids is 1. The van der Waals surface area contributed by atoms with Crippen LogP contribution in [0.1, 0.15) is 58.8 Å². The number of likely N-dealkylation sites (tertiary alicyclic amines) is 1. The predicted octanol–water partition coefficient (Wildman–Crippen LogP) is 2.98. The molecule has 0 unspecified atom stereocenters. The highest BCUT2D eigenvalue weighted by Crippen LogP contribution is 2.44. The van der Waals surface area contributed by atoms with Crippen LogP contribution in [0.4, 0.5) is 0 Å². The van der Waals surface area contributed by atoms with Crippen LogP contribution in [0.3, 0.4) is 0 Å². The number of carboxylic acid groups (broad SMARTS) is 1. The number of rotatable bonds is 2. The first-order valence-corrected chi connectivity index (χ1v) is 7.65. The molecule has 1 aliphatic heterocycles. The highest BCUT2D eigenvalue weighted by molar-refractivity contribution is 6.01. The molecule has 1 saturated carbocycles. The van der Waals surface area contributed by atoms with Crippen LogP contribution in [0.25, 0.3) is 0 Å². The molecule has 20 heavy (non-hydrogen) atoms. The maximum Gasteiger partial charge on any atom is 0.331 e. The fourth-order valence-electron chi connectivity index (χ4n) is 3.54. The highest BCUT2D eigenvalue weighted by Gasteiger charge is 2.36. The molecule has 0 aromatic heterocycles. The zero-order valence-corrected chi connectivity index (χ0v) is 12.6. The summed E-state index contributed by atoms with van der Waals surface area (Å²) in [6.07, 6.45) is 8.77. The molecular weight excluding hydrogens is 254 g/mol. The zero-order valence-electron chi connectivity index (χ0n) is 12.6. The largest absolute Gasteiger partial charge is 0.478 e. The summed E-state index contributed by atoms with van der Waals surface area (Å²) in [5.41, 5.74) is 0.999. The summed E-state index contributed by atoms with van der Waals surface area (Å²) in [6.45, 7) is 4.69. The standard InChI is InChI=1S/C16H25NO3/c1-12(13(2)15(19)20)14(18)17-10-8-16(9-11-17)6-4-3-5-7-16/h3-11H2,1-2H3,(H,19,20). The van der Waals surface area contributed by atoms with E-state index in [1.807, 2.05) is 4.90 Å². The van der Waals surface area contributed by atoms with Crippen LogP contribution in [-0.4, -0.2) is 35.0 Å². The van der Waals surface area contributed by atoms with Crippen LogP contribution in [0.2, 0.25) is 0 Å². The maximum atomic E-state index is 12.3. The summed E-state index contributed by atoms with van der Waals surface area (Å²) >= 11 is 0. The Balaban J connectivity index is 1.98. The number of amides is 1. The molecule has 0 aromatic carbocycles. The number of carbonyl (C=O) groups is 2. The van der Waals surface area contributed by atoms with E-state index in [0.717, 1.165) is 25.9 Å². The molecule has 1 N–H and O–H groups in total. The molecule has 4 heteroatoms. The monoisotopic (exact) mass is 279 g/mol. The van der Waals surface area contributed by atoms with Crippen molar-refractivity contribution in [2.75, 3.05) is 13.1 Å². The molecule has 2 aliphatic rings. The lowest BCUT2D eigenvalue weighted by atomic mass is 9.68. The Morgan fingerprint density at radius 3 is 1.95 bits per heavy atom. The van der Waals surface area contributed by atoms with E-state index in [2.05, 4.69) is 0 Å². The summed E-state index contributed by atoms with van der Waals surface area (Å²) in [4.78, 5) is 25.1. The Hall–Kier alpha value is -1.32. The van der Waals surface area contributed by atoms with Crippen molar-refractivity contribution in [3.8, 4) is 0 Å². The summed E-state index contributed by atoms with van der Waals surface area (Å²) < 4.78 is 0. The fraction of sp³-hybridized carbons (Fsp3) is 0.750. The van der Waals surface area contributed by atoms with Crippen molar-refractivity contribution in [2.24, 2.45) is 5.41 Å². The molecule has 112 valence electrons. The van der Waals surface area contributed by atoms with E-state index in [4.69, 9.17) is 5.11 Å². The van der Waals surface area contributed by atoms with Gasteiger partial charge in [-0.2, -0.15) is 0 Å². The van der Waals surface area contributed by atoms with Crippen molar-refractivity contribution in [1.82, 2.24) is 4.90 Å². The van der Waals surface area contributed by atoms with Gasteiger partial charge in [0.15, 0.2) is 0 Å². The van der Waals surface area contributed by atoms with Gasteiger partial charge in [0.2, 0.25) is 5.91 Å². The van der Waals surface area contributed by atoms with E-state index >= 15 is 0 Å². The van der Waals surface area contributed by atoms with Gasteiger partial charge in [-0.25, -0.2) is 4.79 Å². The molecule has 4 nitrogen and oxygen atoms in total. The Morgan fingerprint density at radius 1 is 0.900 bits per heavy atom. The minimum Gasteiger partial charge on any atom is -0.478 e. The molecule has 1 aliphatic carbocycles. The third-order valence-corrected chi connectivity index (χ3v) is 5.23. The summed E-state index contributed by atoms with van der Waals surface area (Å²) in [5, 5.41) is 8.97. The SMILES string of the molecule is CC(C(=O)O)=C(C)C(=O)N1CCC2(CCCCC2)CC1. The predicted molar refractivity (Wildman–Crippen MR) is 77.3 cm³/mol. The van der Waals surface area contributed by atoms with Crippen molar-refractivity contribution >= 4 is 11.9 Å². The van der Waals surface area contributed by atoms with Crippen LogP contribution < -0.4 is 0 Å². The van der Waals surface area contributed by atoms with Crippen LogP contribution in [0.5, 0.6) is 0 Å². The molecule has 0 radical (unpaired) electrons. The van der Waals surface area contributed by atoms with Crippen molar-refractivity contribution in [1.29, 1.82) is 0 Å². The Bertz CT molecular complexity index is 423. The quantitative estimate of drug-likeness (QED) is 0.791. The summed E-state index contributed by atoms with van der Waals surface area (Å²) in [6, 6.07) is 0. The molecule has 0 bridgehead atoms. The van der Waals surface area contributed by atoms with E-state index in [9.17, 15) is 9.59 Å². The lowest BCUT2D eigenvalue weighted by Gasteiger charge is -2.44. The Morgan fingerprint density at radius 2 is 1.45 bits per heavy atom.